The number of hydrogen-bond donors (Lipinski definition) is 1. The van der Waals surface area contributed by atoms with Crippen molar-refractivity contribution in [2.75, 3.05) is 20.2 Å². The van der Waals surface area contributed by atoms with E-state index in [-0.39, 0.29) is 11.9 Å². The first kappa shape index (κ1) is 14.4. The summed E-state index contributed by atoms with van der Waals surface area (Å²) in [5.41, 5.74) is 2.74. The van der Waals surface area contributed by atoms with Crippen molar-refractivity contribution >= 4 is 5.91 Å². The number of amides is 1. The highest BCUT2D eigenvalue weighted by Crippen LogP contribution is 2.23. The van der Waals surface area contributed by atoms with Crippen molar-refractivity contribution in [3.05, 3.63) is 29.3 Å². The molecule has 1 atom stereocenters. The van der Waals surface area contributed by atoms with E-state index in [0.29, 0.717) is 6.04 Å². The second kappa shape index (κ2) is 6.06. The van der Waals surface area contributed by atoms with Gasteiger partial charge in [0.25, 0.3) is 0 Å². The van der Waals surface area contributed by atoms with E-state index >= 15 is 0 Å². The summed E-state index contributed by atoms with van der Waals surface area (Å²) < 4.78 is 5.31. The van der Waals surface area contributed by atoms with Gasteiger partial charge in [-0.15, -0.1) is 0 Å². The number of methoxy groups -OCH3 is 1. The van der Waals surface area contributed by atoms with E-state index in [4.69, 9.17) is 4.74 Å². The normalized spacial score (nSPS) is 20.3. The van der Waals surface area contributed by atoms with Crippen LogP contribution in [0, 0.1) is 0 Å². The van der Waals surface area contributed by atoms with Crippen LogP contribution in [-0.2, 0) is 17.6 Å². The SMILES string of the molecule is COc1ccc2c(c1)CCN([C@H](C)C(=O)NC1CC1)CC2. The predicted octanol–water partition coefficient (Wildman–Crippen LogP) is 1.76. The van der Waals surface area contributed by atoms with Crippen LogP contribution in [0.25, 0.3) is 0 Å². The van der Waals surface area contributed by atoms with E-state index in [0.717, 1.165) is 44.5 Å². The third kappa shape index (κ3) is 3.38. The molecular formula is C17H24N2O2. The van der Waals surface area contributed by atoms with E-state index in [2.05, 4.69) is 22.3 Å². The van der Waals surface area contributed by atoms with Crippen molar-refractivity contribution in [2.24, 2.45) is 0 Å². The number of rotatable bonds is 4. The smallest absolute Gasteiger partial charge is 0.237 e. The van der Waals surface area contributed by atoms with Crippen LogP contribution in [0.3, 0.4) is 0 Å². The molecule has 1 aromatic rings. The van der Waals surface area contributed by atoms with Crippen molar-refractivity contribution in [3.8, 4) is 5.75 Å². The minimum Gasteiger partial charge on any atom is -0.497 e. The molecule has 114 valence electrons. The van der Waals surface area contributed by atoms with Gasteiger partial charge in [-0.1, -0.05) is 6.07 Å². The van der Waals surface area contributed by atoms with Crippen molar-refractivity contribution < 1.29 is 9.53 Å². The molecule has 4 heteroatoms. The highest BCUT2D eigenvalue weighted by molar-refractivity contribution is 5.81. The Balaban J connectivity index is 1.64. The van der Waals surface area contributed by atoms with Crippen molar-refractivity contribution in [2.45, 2.75) is 44.7 Å². The van der Waals surface area contributed by atoms with E-state index in [1.54, 1.807) is 7.11 Å². The summed E-state index contributed by atoms with van der Waals surface area (Å²) >= 11 is 0. The summed E-state index contributed by atoms with van der Waals surface area (Å²) in [5, 5.41) is 3.11. The van der Waals surface area contributed by atoms with E-state index in [1.165, 1.54) is 11.1 Å². The van der Waals surface area contributed by atoms with Gasteiger partial charge in [-0.25, -0.2) is 0 Å². The van der Waals surface area contributed by atoms with Crippen molar-refractivity contribution in [3.63, 3.8) is 0 Å². The molecule has 2 aliphatic rings. The summed E-state index contributed by atoms with van der Waals surface area (Å²) in [4.78, 5) is 14.5. The standard InChI is InChI=1S/C17H24N2O2/c1-12(17(20)18-15-4-5-15)19-9-7-13-3-6-16(21-2)11-14(13)8-10-19/h3,6,11-12,15H,4-5,7-10H2,1-2H3,(H,18,20)/t12-/m1/s1. The van der Waals surface area contributed by atoms with Crippen LogP contribution in [0.15, 0.2) is 18.2 Å². The third-order valence-electron chi connectivity index (χ3n) is 4.60. The lowest BCUT2D eigenvalue weighted by atomic mass is 10.0. The molecular weight excluding hydrogens is 264 g/mol. The zero-order chi connectivity index (χ0) is 14.8. The summed E-state index contributed by atoms with van der Waals surface area (Å²) in [6.07, 6.45) is 4.27. The Labute approximate surface area is 126 Å². The number of hydrogen-bond acceptors (Lipinski definition) is 3. The fraction of sp³-hybridized carbons (Fsp3) is 0.588. The van der Waals surface area contributed by atoms with Crippen molar-refractivity contribution in [1.82, 2.24) is 10.2 Å². The highest BCUT2D eigenvalue weighted by Gasteiger charge is 2.29. The predicted molar refractivity (Wildman–Crippen MR) is 82.6 cm³/mol. The van der Waals surface area contributed by atoms with Gasteiger partial charge in [0.1, 0.15) is 5.75 Å². The molecule has 0 spiro atoms. The minimum atomic E-state index is -0.0400. The Hall–Kier alpha value is -1.55. The Morgan fingerprint density at radius 2 is 2.00 bits per heavy atom. The molecule has 1 N–H and O–H groups in total. The largest absolute Gasteiger partial charge is 0.497 e. The molecule has 3 rings (SSSR count). The van der Waals surface area contributed by atoms with Crippen LogP contribution in [0.2, 0.25) is 0 Å². The quantitative estimate of drug-likeness (QED) is 0.918. The first-order chi connectivity index (χ1) is 10.2. The lowest BCUT2D eigenvalue weighted by Gasteiger charge is -2.26. The van der Waals surface area contributed by atoms with Crippen LogP contribution in [-0.4, -0.2) is 43.1 Å². The topological polar surface area (TPSA) is 41.6 Å². The number of nitrogens with zero attached hydrogens (tertiary/aromatic N) is 1. The molecule has 1 aromatic carbocycles. The summed E-state index contributed by atoms with van der Waals surface area (Å²) in [5.74, 6) is 1.10. The Morgan fingerprint density at radius 3 is 2.67 bits per heavy atom. The van der Waals surface area contributed by atoms with Crippen LogP contribution in [0.4, 0.5) is 0 Å². The maximum atomic E-state index is 12.2. The molecule has 1 aliphatic carbocycles. The van der Waals surface area contributed by atoms with Gasteiger partial charge >= 0.3 is 0 Å². The number of nitrogens with one attached hydrogen (secondary N) is 1. The van der Waals surface area contributed by atoms with Gasteiger partial charge in [0.15, 0.2) is 0 Å². The van der Waals surface area contributed by atoms with Crippen LogP contribution in [0.1, 0.15) is 30.9 Å². The first-order valence-corrected chi connectivity index (χ1v) is 7.87. The number of benzene rings is 1. The van der Waals surface area contributed by atoms with Crippen LogP contribution < -0.4 is 10.1 Å². The Morgan fingerprint density at radius 1 is 1.29 bits per heavy atom. The Bertz CT molecular complexity index is 526. The van der Waals surface area contributed by atoms with E-state index < -0.39 is 0 Å². The maximum absolute atomic E-state index is 12.2. The molecule has 0 unspecified atom stereocenters. The zero-order valence-electron chi connectivity index (χ0n) is 12.9. The number of carbonyl (C=O) groups excluding carboxylic acids is 1. The average Bonchev–Trinajstić information content (AvgIpc) is 3.32. The fourth-order valence-corrected chi connectivity index (χ4v) is 2.95. The number of ether oxygens (including phenoxy) is 1. The lowest BCUT2D eigenvalue weighted by Crippen LogP contribution is -2.46. The second-order valence-electron chi connectivity index (χ2n) is 6.13. The van der Waals surface area contributed by atoms with Crippen LogP contribution >= 0.6 is 0 Å². The van der Waals surface area contributed by atoms with Gasteiger partial charge in [-0.3, -0.25) is 9.69 Å². The molecule has 0 radical (unpaired) electrons. The highest BCUT2D eigenvalue weighted by atomic mass is 16.5. The Kier molecular flexibility index (Phi) is 4.15. The molecule has 1 fully saturated rings. The monoisotopic (exact) mass is 288 g/mol. The maximum Gasteiger partial charge on any atom is 0.237 e. The van der Waals surface area contributed by atoms with Gasteiger partial charge in [0, 0.05) is 19.1 Å². The molecule has 1 amide bonds. The summed E-state index contributed by atoms with van der Waals surface area (Å²) in [6.45, 7) is 3.90. The van der Waals surface area contributed by atoms with Crippen molar-refractivity contribution in [1.29, 1.82) is 0 Å². The summed E-state index contributed by atoms with van der Waals surface area (Å²) in [6, 6.07) is 6.72. The molecule has 21 heavy (non-hydrogen) atoms. The third-order valence-corrected chi connectivity index (χ3v) is 4.60. The van der Waals surface area contributed by atoms with Gasteiger partial charge in [-0.2, -0.15) is 0 Å². The fourth-order valence-electron chi connectivity index (χ4n) is 2.95. The lowest BCUT2D eigenvalue weighted by molar-refractivity contribution is -0.126. The van der Waals surface area contributed by atoms with E-state index in [9.17, 15) is 4.79 Å². The van der Waals surface area contributed by atoms with Crippen LogP contribution in [0.5, 0.6) is 5.75 Å². The van der Waals surface area contributed by atoms with Gasteiger partial charge < -0.3 is 10.1 Å². The molecule has 1 heterocycles. The molecule has 0 saturated heterocycles. The second-order valence-corrected chi connectivity index (χ2v) is 6.13. The van der Waals surface area contributed by atoms with Gasteiger partial charge in [-0.05, 0) is 55.9 Å². The zero-order valence-corrected chi connectivity index (χ0v) is 12.9. The van der Waals surface area contributed by atoms with Gasteiger partial charge in [0.05, 0.1) is 13.2 Å². The summed E-state index contributed by atoms with van der Waals surface area (Å²) in [7, 11) is 1.70. The molecule has 4 nitrogen and oxygen atoms in total. The number of fused-ring (bicyclic) bond motifs is 1. The molecule has 0 aromatic heterocycles. The van der Waals surface area contributed by atoms with E-state index in [1.807, 2.05) is 13.0 Å². The number of carbonyl (C=O) groups is 1. The minimum absolute atomic E-state index is 0.0400. The average molecular weight is 288 g/mol. The first-order valence-electron chi connectivity index (χ1n) is 7.87. The molecule has 1 aliphatic heterocycles. The molecule has 0 bridgehead atoms. The molecule has 1 saturated carbocycles. The van der Waals surface area contributed by atoms with Gasteiger partial charge in [0.2, 0.25) is 5.91 Å².